The minimum atomic E-state index is -4.40. The summed E-state index contributed by atoms with van der Waals surface area (Å²) in [5.74, 6) is 0. The lowest BCUT2D eigenvalue weighted by Gasteiger charge is -2.14. The van der Waals surface area contributed by atoms with Crippen molar-refractivity contribution in [1.29, 1.82) is 0 Å². The Bertz CT molecular complexity index is 387. The second-order valence-electron chi connectivity index (χ2n) is 3.27. The number of halogens is 4. The summed E-state index contributed by atoms with van der Waals surface area (Å²) in [6.45, 7) is 3.43. The van der Waals surface area contributed by atoms with E-state index in [1.807, 2.05) is 0 Å². The van der Waals surface area contributed by atoms with Gasteiger partial charge in [-0.05, 0) is 30.2 Å². The van der Waals surface area contributed by atoms with Crippen LogP contribution in [0.15, 0.2) is 35.3 Å². The van der Waals surface area contributed by atoms with E-state index in [1.54, 1.807) is 0 Å². The van der Waals surface area contributed by atoms with Crippen LogP contribution in [0.2, 0.25) is 0 Å². The Balaban J connectivity index is 3.13. The smallest absolute Gasteiger partial charge is 0.388 e. The van der Waals surface area contributed by atoms with Crippen LogP contribution in [0.4, 0.5) is 13.2 Å². The Hall–Kier alpha value is -0.810. The number of benzene rings is 1. The summed E-state index contributed by atoms with van der Waals surface area (Å²) in [6, 6.07) is 3.19. The molecule has 0 fully saturated rings. The number of aliphatic hydroxyl groups excluding tert-OH is 1. The minimum Gasteiger partial charge on any atom is -0.388 e. The van der Waals surface area contributed by atoms with Crippen molar-refractivity contribution in [3.05, 3.63) is 46.5 Å². The molecule has 88 valence electrons. The molecule has 0 radical (unpaired) electrons. The molecule has 1 nitrogen and oxygen atoms in total. The fourth-order valence-electron chi connectivity index (χ4n) is 1.26. The zero-order valence-electron chi connectivity index (χ0n) is 8.26. The fraction of sp³-hybridized carbons (Fsp3) is 0.273. The van der Waals surface area contributed by atoms with Crippen molar-refractivity contribution in [3.63, 3.8) is 0 Å². The van der Waals surface area contributed by atoms with Crippen LogP contribution < -0.4 is 0 Å². The van der Waals surface area contributed by atoms with Gasteiger partial charge in [0.2, 0.25) is 0 Å². The van der Waals surface area contributed by atoms with Crippen molar-refractivity contribution in [2.75, 3.05) is 0 Å². The van der Waals surface area contributed by atoms with Gasteiger partial charge in [-0.25, -0.2) is 0 Å². The van der Waals surface area contributed by atoms with Gasteiger partial charge >= 0.3 is 6.18 Å². The average molecular weight is 295 g/mol. The molecule has 0 saturated heterocycles. The molecule has 0 spiro atoms. The van der Waals surface area contributed by atoms with Gasteiger partial charge in [0, 0.05) is 4.47 Å². The summed E-state index contributed by atoms with van der Waals surface area (Å²) in [6.07, 6.45) is -3.71. The van der Waals surface area contributed by atoms with Crippen molar-refractivity contribution in [3.8, 4) is 0 Å². The van der Waals surface area contributed by atoms with Crippen LogP contribution in [0.5, 0.6) is 0 Å². The lowest BCUT2D eigenvalue weighted by atomic mass is 10.0. The van der Waals surface area contributed by atoms with Crippen LogP contribution in [-0.2, 0) is 6.18 Å². The third-order valence-corrected chi connectivity index (χ3v) is 2.79. The molecule has 1 atom stereocenters. The first kappa shape index (κ1) is 13.3. The van der Waals surface area contributed by atoms with Gasteiger partial charge in [0.1, 0.15) is 0 Å². The first-order valence-corrected chi connectivity index (χ1v) is 5.31. The van der Waals surface area contributed by atoms with Gasteiger partial charge in [-0.1, -0.05) is 22.0 Å². The number of alkyl halides is 3. The van der Waals surface area contributed by atoms with Gasteiger partial charge < -0.3 is 5.11 Å². The Morgan fingerprint density at radius 3 is 2.56 bits per heavy atom. The molecule has 1 unspecified atom stereocenters. The van der Waals surface area contributed by atoms with Gasteiger partial charge in [-0.2, -0.15) is 13.2 Å². The number of hydrogen-bond acceptors (Lipinski definition) is 1. The molecule has 0 heterocycles. The first-order chi connectivity index (χ1) is 7.36. The Morgan fingerprint density at radius 2 is 2.06 bits per heavy atom. The molecule has 5 heteroatoms. The predicted octanol–water partition coefficient (Wildman–Crippen LogP) is 4.08. The first-order valence-electron chi connectivity index (χ1n) is 4.52. The fourth-order valence-corrected chi connectivity index (χ4v) is 1.77. The number of aliphatic hydroxyl groups is 1. The second-order valence-corrected chi connectivity index (χ2v) is 4.13. The monoisotopic (exact) mass is 294 g/mol. The number of rotatable bonds is 3. The van der Waals surface area contributed by atoms with Crippen LogP contribution in [0.25, 0.3) is 0 Å². The molecule has 1 N–H and O–H groups in total. The van der Waals surface area contributed by atoms with E-state index in [1.165, 1.54) is 12.1 Å². The highest BCUT2D eigenvalue weighted by Gasteiger charge is 2.31. The summed E-state index contributed by atoms with van der Waals surface area (Å²) in [7, 11) is 0. The van der Waals surface area contributed by atoms with Gasteiger partial charge in [-0.3, -0.25) is 0 Å². The molecule has 0 aliphatic carbocycles. The number of hydrogen-bond donors (Lipinski definition) is 1. The molecule has 0 aromatic heterocycles. The SMILES string of the molecule is C=CCC(O)c1cc(C(F)(F)F)ccc1Br. The topological polar surface area (TPSA) is 20.2 Å². The largest absolute Gasteiger partial charge is 0.416 e. The van der Waals surface area contributed by atoms with Crippen LogP contribution in [0.1, 0.15) is 23.7 Å². The zero-order valence-corrected chi connectivity index (χ0v) is 9.85. The van der Waals surface area contributed by atoms with E-state index in [0.717, 1.165) is 12.1 Å². The lowest BCUT2D eigenvalue weighted by Crippen LogP contribution is -2.07. The lowest BCUT2D eigenvalue weighted by molar-refractivity contribution is -0.137. The van der Waals surface area contributed by atoms with Crippen molar-refractivity contribution in [1.82, 2.24) is 0 Å². The maximum atomic E-state index is 12.4. The Labute approximate surface area is 99.7 Å². The molecule has 0 bridgehead atoms. The molecular weight excluding hydrogens is 285 g/mol. The summed E-state index contributed by atoms with van der Waals surface area (Å²) >= 11 is 3.11. The predicted molar refractivity (Wildman–Crippen MR) is 58.9 cm³/mol. The van der Waals surface area contributed by atoms with Crippen molar-refractivity contribution >= 4 is 15.9 Å². The second kappa shape index (κ2) is 5.01. The van der Waals surface area contributed by atoms with Crippen molar-refractivity contribution in [2.24, 2.45) is 0 Å². The van der Waals surface area contributed by atoms with Gasteiger partial charge in [-0.15, -0.1) is 6.58 Å². The van der Waals surface area contributed by atoms with Crippen LogP contribution in [-0.4, -0.2) is 5.11 Å². The van der Waals surface area contributed by atoms with Crippen molar-refractivity contribution < 1.29 is 18.3 Å². The maximum Gasteiger partial charge on any atom is 0.416 e. The van der Waals surface area contributed by atoms with Crippen LogP contribution in [0.3, 0.4) is 0 Å². The third-order valence-electron chi connectivity index (χ3n) is 2.07. The van der Waals surface area contributed by atoms with E-state index in [2.05, 4.69) is 22.5 Å². The van der Waals surface area contributed by atoms with E-state index in [0.29, 0.717) is 4.47 Å². The van der Waals surface area contributed by atoms with E-state index in [4.69, 9.17) is 0 Å². The normalized spacial score (nSPS) is 13.6. The highest BCUT2D eigenvalue weighted by Crippen LogP contribution is 2.34. The minimum absolute atomic E-state index is 0.208. The molecular formula is C11H10BrF3O. The third kappa shape index (κ3) is 3.09. The van der Waals surface area contributed by atoms with Crippen LogP contribution >= 0.6 is 15.9 Å². The molecule has 1 rings (SSSR count). The van der Waals surface area contributed by atoms with E-state index >= 15 is 0 Å². The van der Waals surface area contributed by atoms with Gasteiger partial charge in [0.05, 0.1) is 11.7 Å². The molecule has 0 saturated carbocycles. The molecule has 1 aromatic rings. The highest BCUT2D eigenvalue weighted by atomic mass is 79.9. The summed E-state index contributed by atoms with van der Waals surface area (Å²) in [4.78, 5) is 0. The zero-order chi connectivity index (χ0) is 12.3. The quantitative estimate of drug-likeness (QED) is 0.833. The van der Waals surface area contributed by atoms with Crippen LogP contribution in [0, 0.1) is 0 Å². The molecule has 16 heavy (non-hydrogen) atoms. The summed E-state index contributed by atoms with van der Waals surface area (Å²) in [5, 5.41) is 9.62. The van der Waals surface area contributed by atoms with E-state index in [9.17, 15) is 18.3 Å². The van der Waals surface area contributed by atoms with Gasteiger partial charge in [0.15, 0.2) is 0 Å². The molecule has 0 aliphatic rings. The Morgan fingerprint density at radius 1 is 1.44 bits per heavy atom. The molecule has 0 aliphatic heterocycles. The van der Waals surface area contributed by atoms with E-state index in [-0.39, 0.29) is 12.0 Å². The molecule has 1 aromatic carbocycles. The van der Waals surface area contributed by atoms with E-state index < -0.39 is 17.8 Å². The summed E-state index contributed by atoms with van der Waals surface area (Å²) < 4.78 is 37.7. The standard InChI is InChI=1S/C11H10BrF3O/c1-2-3-10(16)8-6-7(11(13,14)15)4-5-9(8)12/h2,4-6,10,16H,1,3H2. The Kier molecular flexibility index (Phi) is 4.15. The maximum absolute atomic E-state index is 12.4. The highest BCUT2D eigenvalue weighted by molar-refractivity contribution is 9.10. The van der Waals surface area contributed by atoms with Crippen molar-refractivity contribution in [2.45, 2.75) is 18.7 Å². The molecule has 0 amide bonds. The summed E-state index contributed by atoms with van der Waals surface area (Å²) in [5.41, 5.74) is -0.552. The van der Waals surface area contributed by atoms with Gasteiger partial charge in [0.25, 0.3) is 0 Å². The average Bonchev–Trinajstić information content (AvgIpc) is 2.16.